The van der Waals surface area contributed by atoms with E-state index >= 15 is 0 Å². The van der Waals surface area contributed by atoms with Gasteiger partial charge in [0.2, 0.25) is 0 Å². The molecule has 0 saturated carbocycles. The van der Waals surface area contributed by atoms with Crippen LogP contribution < -0.4 is 0 Å². The van der Waals surface area contributed by atoms with Gasteiger partial charge in [-0.2, -0.15) is 129 Å². The first-order valence-electron chi connectivity index (χ1n) is 38.7. The van der Waals surface area contributed by atoms with Crippen LogP contribution in [0.2, 0.25) is 0 Å². The van der Waals surface area contributed by atoms with Crippen LogP contribution in [0.15, 0.2) is 417 Å². The molecule has 0 aliphatic heterocycles. The van der Waals surface area contributed by atoms with Gasteiger partial charge in [0.1, 0.15) is 5.89 Å². The second-order valence-electron chi connectivity index (χ2n) is 27.3. The molecule has 14 heteroatoms. The van der Waals surface area contributed by atoms with Crippen molar-refractivity contribution in [2.75, 3.05) is 0 Å². The SMILES string of the molecule is Cc1nn(-c2[c-]cccc2)c(C)c1-c1ccc(-c2ccccc2)cc1.Cc1nn(-c2[c-]cccc2)c(C)c1-c1ccc(-c2ccccc2)cc1.[Rh+3].[Rh+3].[c-]1ccccc1-c1ncco1.[c-]1ccccc1-c1nccs1.[c-]1ccccc1-n1cc(-c2ccc(-c3ccccc3)cc2)cn1.[c-]1ccccc1-n1cc(-c2ccc(-c3ccccc3)cc2)cn1. The third-order valence-corrected chi connectivity index (χ3v) is 20.2. The normalized spacial score (nSPS) is 10.4. The average Bonchev–Trinajstić information content (AvgIpc) is 1.64. The largest absolute Gasteiger partial charge is 3.00 e. The van der Waals surface area contributed by atoms with Gasteiger partial charge in [0, 0.05) is 62.6 Å². The number of aromatic nitrogens is 10. The van der Waals surface area contributed by atoms with Crippen LogP contribution in [0.25, 0.3) is 134 Å². The fourth-order valence-electron chi connectivity index (χ4n) is 13.5. The van der Waals surface area contributed by atoms with Crippen LogP contribution in [-0.2, 0) is 39.0 Å². The van der Waals surface area contributed by atoms with Gasteiger partial charge in [0.25, 0.3) is 0 Å². The van der Waals surface area contributed by atoms with E-state index in [2.05, 4.69) is 278 Å². The molecule has 14 aromatic carbocycles. The molecule has 0 amide bonds. The van der Waals surface area contributed by atoms with Gasteiger partial charge in [-0.15, -0.1) is 90.5 Å². The van der Waals surface area contributed by atoms with E-state index in [4.69, 9.17) is 14.6 Å². The summed E-state index contributed by atoms with van der Waals surface area (Å²) in [7, 11) is 0. The second-order valence-corrected chi connectivity index (χ2v) is 28.1. The van der Waals surface area contributed by atoms with Crippen LogP contribution in [-0.4, -0.2) is 49.1 Å². The fraction of sp³-hybridized carbons (Fsp3) is 0.0377. The van der Waals surface area contributed by atoms with Crippen LogP contribution in [0, 0.1) is 64.1 Å². The molecule has 0 unspecified atom stereocenters. The summed E-state index contributed by atoms with van der Waals surface area (Å²) in [5.74, 6) is 0.616. The fourth-order valence-corrected chi connectivity index (χ4v) is 14.2. The first-order chi connectivity index (χ1) is 58.2. The molecule has 120 heavy (non-hydrogen) atoms. The summed E-state index contributed by atoms with van der Waals surface area (Å²) in [6.45, 7) is 8.35. The maximum atomic E-state index is 5.08. The third-order valence-electron chi connectivity index (χ3n) is 19.4. The van der Waals surface area contributed by atoms with Crippen molar-refractivity contribution in [3.05, 3.63) is 472 Å². The zero-order chi connectivity index (χ0) is 80.5. The molecule has 6 aromatic heterocycles. The summed E-state index contributed by atoms with van der Waals surface area (Å²) in [6, 6.07) is 142. The van der Waals surface area contributed by atoms with E-state index < -0.39 is 0 Å². The Balaban J connectivity index is 0.000000127. The van der Waals surface area contributed by atoms with Crippen molar-refractivity contribution in [3.63, 3.8) is 0 Å². The molecule has 0 radical (unpaired) electrons. The summed E-state index contributed by atoms with van der Waals surface area (Å²) < 4.78 is 12.7. The van der Waals surface area contributed by atoms with Gasteiger partial charge in [-0.25, -0.2) is 0 Å². The monoisotopic (exact) mass is 1750 g/mol. The molecule has 0 aliphatic rings. The Morgan fingerprint density at radius 3 is 0.883 bits per heavy atom. The van der Waals surface area contributed by atoms with E-state index in [1.807, 2.05) is 219 Å². The Morgan fingerprint density at radius 2 is 0.583 bits per heavy atom. The van der Waals surface area contributed by atoms with E-state index in [-0.39, 0.29) is 39.0 Å². The minimum absolute atomic E-state index is 0. The molecular weight excluding hydrogens is 1670 g/mol. The van der Waals surface area contributed by atoms with Gasteiger partial charge in [-0.05, 0) is 117 Å². The van der Waals surface area contributed by atoms with Crippen molar-refractivity contribution in [3.8, 4) is 134 Å². The summed E-state index contributed by atoms with van der Waals surface area (Å²) in [4.78, 5) is 8.16. The molecule has 0 atom stereocenters. The molecule has 20 aromatic rings. The van der Waals surface area contributed by atoms with Gasteiger partial charge < -0.3 is 4.42 Å². The van der Waals surface area contributed by atoms with Gasteiger partial charge in [0.05, 0.1) is 36.2 Å². The average molecular weight is 1750 g/mol. The quantitative estimate of drug-likeness (QED) is 0.0788. The van der Waals surface area contributed by atoms with Crippen molar-refractivity contribution in [1.82, 2.24) is 49.1 Å². The molecule has 0 bridgehead atoms. The number of para-hydroxylation sites is 4. The number of hydrogen-bond acceptors (Lipinski definition) is 8. The van der Waals surface area contributed by atoms with Crippen molar-refractivity contribution in [2.45, 2.75) is 27.7 Å². The van der Waals surface area contributed by atoms with E-state index in [1.165, 1.54) is 66.8 Å². The third kappa shape index (κ3) is 21.6. The molecular formula is C106H80N10ORh2S. The molecule has 11 nitrogen and oxygen atoms in total. The summed E-state index contributed by atoms with van der Waals surface area (Å²) in [5.41, 5.74) is 29.2. The first-order valence-corrected chi connectivity index (χ1v) is 39.6. The van der Waals surface area contributed by atoms with Gasteiger partial charge in [0.15, 0.2) is 0 Å². The molecule has 6 heterocycles. The van der Waals surface area contributed by atoms with Gasteiger partial charge >= 0.3 is 39.0 Å². The standard InChI is InChI=1S/2C23H19N2.2C21H15N2.C9H6NO.C9H6NS.2Rh/c2*1-17-23(18(2)25(24-17)22-11-7-4-8-12-22)21-15-13-20(14-16-21)19-9-5-3-6-10-19;2*1-3-7-17(8-4-1)18-11-13-19(14-12-18)20-15-22-23(16-20)21-9-5-2-6-10-21;2*1-2-4-8(5-3-1)9-10-6-7-11-9;;/h2*3-11,13-16H,1-2H3;2*1-9,11-16H;2*1-4,6-7H;;/q6*-1;2*+3. The van der Waals surface area contributed by atoms with Crippen molar-refractivity contribution >= 4 is 11.3 Å². The minimum Gasteiger partial charge on any atom is -0.489 e. The van der Waals surface area contributed by atoms with Crippen LogP contribution >= 0.6 is 11.3 Å². The number of thiazole rings is 1. The van der Waals surface area contributed by atoms with E-state index in [1.54, 1.807) is 30.0 Å². The molecule has 0 aliphatic carbocycles. The predicted octanol–water partition coefficient (Wildman–Crippen LogP) is 26.0. The Morgan fingerprint density at radius 1 is 0.283 bits per heavy atom. The smallest absolute Gasteiger partial charge is 0.489 e. The van der Waals surface area contributed by atoms with E-state index in [9.17, 15) is 0 Å². The summed E-state index contributed by atoms with van der Waals surface area (Å²) in [5, 5.41) is 21.3. The summed E-state index contributed by atoms with van der Waals surface area (Å²) >= 11 is 1.63. The molecule has 0 N–H and O–H groups in total. The van der Waals surface area contributed by atoms with Gasteiger partial charge in [-0.1, -0.05) is 224 Å². The first kappa shape index (κ1) is 83.9. The number of nitrogens with zero attached hydrogens (tertiary/aromatic N) is 10. The molecule has 584 valence electrons. The van der Waals surface area contributed by atoms with Crippen LogP contribution in [0.4, 0.5) is 0 Å². The Hall–Kier alpha value is -14.0. The van der Waals surface area contributed by atoms with Crippen molar-refractivity contribution in [1.29, 1.82) is 0 Å². The summed E-state index contributed by atoms with van der Waals surface area (Å²) in [6.07, 6.45) is 12.8. The van der Waals surface area contributed by atoms with Crippen LogP contribution in [0.1, 0.15) is 22.8 Å². The number of aryl methyl sites for hydroxylation is 2. The molecule has 0 fully saturated rings. The van der Waals surface area contributed by atoms with E-state index in [0.717, 1.165) is 83.9 Å². The number of hydrogen-bond donors (Lipinski definition) is 0. The maximum Gasteiger partial charge on any atom is 3.00 e. The topological polar surface area (TPSA) is 110 Å². The number of oxazole rings is 1. The second kappa shape index (κ2) is 42.2. The Bertz CT molecular complexity index is 5970. The van der Waals surface area contributed by atoms with Gasteiger partial charge in [-0.3, -0.25) is 28.7 Å². The molecule has 20 rings (SSSR count). The zero-order valence-corrected chi connectivity index (χ0v) is 70.3. The molecule has 0 spiro atoms. The van der Waals surface area contributed by atoms with Crippen LogP contribution in [0.5, 0.6) is 0 Å². The van der Waals surface area contributed by atoms with Crippen molar-refractivity contribution in [2.24, 2.45) is 0 Å². The molecule has 0 saturated heterocycles. The van der Waals surface area contributed by atoms with Crippen molar-refractivity contribution < 1.29 is 43.4 Å². The van der Waals surface area contributed by atoms with E-state index in [0.29, 0.717) is 5.89 Å². The Kier molecular flexibility index (Phi) is 29.5. The maximum absolute atomic E-state index is 5.08. The number of rotatable bonds is 14. The van der Waals surface area contributed by atoms with Crippen LogP contribution in [0.3, 0.4) is 0 Å². The predicted molar refractivity (Wildman–Crippen MR) is 479 cm³/mol. The zero-order valence-electron chi connectivity index (χ0n) is 66.2. The number of benzene rings is 14. The minimum atomic E-state index is 0. The Labute approximate surface area is 731 Å².